The minimum Gasteiger partial charge on any atom is -0.354 e. The number of carbonyl (C=O) groups excluding carboxylic acids is 3. The predicted octanol–water partition coefficient (Wildman–Crippen LogP) is 3.33. The molecule has 1 aromatic carbocycles. The molecule has 1 aromatic rings. The number of rotatable bonds is 5. The lowest BCUT2D eigenvalue weighted by Gasteiger charge is -2.35. The summed E-state index contributed by atoms with van der Waals surface area (Å²) in [6, 6.07) is 7.15. The van der Waals surface area contributed by atoms with Gasteiger partial charge >= 0.3 is 6.03 Å². The van der Waals surface area contributed by atoms with Crippen LogP contribution in [0, 0.1) is 0 Å². The highest BCUT2D eigenvalue weighted by molar-refractivity contribution is 6.30. The molecule has 4 amide bonds. The van der Waals surface area contributed by atoms with Gasteiger partial charge < -0.3 is 10.2 Å². The second-order valence-corrected chi connectivity index (χ2v) is 8.93. The van der Waals surface area contributed by atoms with Crippen molar-refractivity contribution in [1.82, 2.24) is 15.1 Å². The molecule has 0 radical (unpaired) electrons. The molecule has 6 nitrogen and oxygen atoms in total. The van der Waals surface area contributed by atoms with Gasteiger partial charge in [0.25, 0.3) is 5.91 Å². The van der Waals surface area contributed by atoms with E-state index in [2.05, 4.69) is 5.32 Å². The molecule has 0 unspecified atom stereocenters. The van der Waals surface area contributed by atoms with Gasteiger partial charge in [-0.3, -0.25) is 14.5 Å². The van der Waals surface area contributed by atoms with Crippen molar-refractivity contribution >= 4 is 29.4 Å². The Balaban J connectivity index is 1.63. The Hall–Kier alpha value is -2.08. The number of carbonyl (C=O) groups is 3. The van der Waals surface area contributed by atoms with E-state index in [0.29, 0.717) is 24.4 Å². The van der Waals surface area contributed by atoms with Crippen LogP contribution in [0.1, 0.15) is 51.5 Å². The summed E-state index contributed by atoms with van der Waals surface area (Å²) in [4.78, 5) is 40.7. The number of hydrogen-bond donors (Lipinski definition) is 1. The number of nitrogens with zero attached hydrogens (tertiary/aromatic N) is 2. The Morgan fingerprint density at radius 3 is 2.54 bits per heavy atom. The second kappa shape index (κ2) is 7.74. The van der Waals surface area contributed by atoms with Crippen LogP contribution >= 0.6 is 11.6 Å². The van der Waals surface area contributed by atoms with Crippen molar-refractivity contribution in [3.05, 3.63) is 34.9 Å². The number of benzene rings is 1. The summed E-state index contributed by atoms with van der Waals surface area (Å²) in [5, 5.41) is 3.51. The fourth-order valence-corrected chi connectivity index (χ4v) is 4.39. The molecule has 0 bridgehead atoms. The first-order valence-corrected chi connectivity index (χ1v) is 10.2. The smallest absolute Gasteiger partial charge is 0.327 e. The maximum Gasteiger partial charge on any atom is 0.327 e. The van der Waals surface area contributed by atoms with Crippen LogP contribution in [-0.2, 0) is 15.0 Å². The van der Waals surface area contributed by atoms with Gasteiger partial charge in [-0.2, -0.15) is 0 Å². The number of likely N-dealkylation sites (N-methyl/N-ethyl adjacent to an activating group) is 1. The van der Waals surface area contributed by atoms with Gasteiger partial charge in [-0.1, -0.05) is 56.8 Å². The van der Waals surface area contributed by atoms with Gasteiger partial charge in [0, 0.05) is 24.0 Å². The highest BCUT2D eigenvalue weighted by atomic mass is 35.5. The van der Waals surface area contributed by atoms with Gasteiger partial charge in [0.2, 0.25) is 5.91 Å². The van der Waals surface area contributed by atoms with E-state index < -0.39 is 5.54 Å². The zero-order valence-corrected chi connectivity index (χ0v) is 17.5. The third-order valence-electron chi connectivity index (χ3n) is 6.12. The summed E-state index contributed by atoms with van der Waals surface area (Å²) in [6.07, 6.45) is 4.28. The van der Waals surface area contributed by atoms with Crippen LogP contribution in [0.25, 0.3) is 0 Å². The monoisotopic (exact) mass is 405 g/mol. The maximum atomic E-state index is 13.0. The number of imide groups is 1. The summed E-state index contributed by atoms with van der Waals surface area (Å²) >= 11 is 6.07. The minimum atomic E-state index is -0.754. The van der Waals surface area contributed by atoms with Crippen molar-refractivity contribution < 1.29 is 14.4 Å². The van der Waals surface area contributed by atoms with Crippen LogP contribution in [-0.4, -0.2) is 53.3 Å². The van der Waals surface area contributed by atoms with E-state index in [1.165, 1.54) is 4.90 Å². The SMILES string of the molecule is CN1C(=O)N(CC(=O)NCC(C)(C)c2cccc(Cl)c2)C(=O)C12CCCCC2. The lowest BCUT2D eigenvalue weighted by Crippen LogP contribution is -2.49. The fourth-order valence-electron chi connectivity index (χ4n) is 4.20. The van der Waals surface area contributed by atoms with Gasteiger partial charge in [0.15, 0.2) is 0 Å². The standard InChI is InChI=1S/C21H28ClN3O3/c1-20(2,15-8-7-9-16(22)12-15)14-23-17(26)13-25-18(27)21(24(3)19(25)28)10-5-4-6-11-21/h7-9,12H,4-6,10-11,13-14H2,1-3H3,(H,23,26). The third kappa shape index (κ3) is 3.75. The molecule has 1 heterocycles. The van der Waals surface area contributed by atoms with E-state index in [0.717, 1.165) is 29.7 Å². The highest BCUT2D eigenvalue weighted by Gasteiger charge is 2.55. The molecule has 1 saturated heterocycles. The molecule has 1 aliphatic heterocycles. The minimum absolute atomic E-state index is 0.232. The first kappa shape index (κ1) is 20.6. The van der Waals surface area contributed by atoms with Gasteiger partial charge in [-0.15, -0.1) is 0 Å². The molecule has 0 aromatic heterocycles. The van der Waals surface area contributed by atoms with Crippen molar-refractivity contribution in [2.24, 2.45) is 0 Å². The molecular formula is C21H28ClN3O3. The van der Waals surface area contributed by atoms with Crippen LogP contribution in [0.4, 0.5) is 4.79 Å². The van der Waals surface area contributed by atoms with Crippen molar-refractivity contribution in [2.75, 3.05) is 20.1 Å². The van der Waals surface area contributed by atoms with Crippen molar-refractivity contribution in [2.45, 2.75) is 56.9 Å². The molecule has 0 atom stereocenters. The zero-order chi connectivity index (χ0) is 20.5. The van der Waals surface area contributed by atoms with Crippen molar-refractivity contribution in [3.63, 3.8) is 0 Å². The van der Waals surface area contributed by atoms with Gasteiger partial charge in [-0.25, -0.2) is 4.79 Å². The number of urea groups is 1. The molecule has 1 spiro atoms. The molecule has 1 aliphatic carbocycles. The Labute approximate surface area is 171 Å². The summed E-state index contributed by atoms with van der Waals surface area (Å²) < 4.78 is 0. The Bertz CT molecular complexity index is 787. The van der Waals surface area contributed by atoms with Crippen molar-refractivity contribution in [3.8, 4) is 0 Å². The topological polar surface area (TPSA) is 69.7 Å². The average molecular weight is 406 g/mol. The lowest BCUT2D eigenvalue weighted by molar-refractivity contribution is -0.137. The van der Waals surface area contributed by atoms with Gasteiger partial charge in [-0.05, 0) is 30.5 Å². The molecule has 7 heteroatoms. The zero-order valence-electron chi connectivity index (χ0n) is 16.8. The van der Waals surface area contributed by atoms with Crippen LogP contribution in [0.5, 0.6) is 0 Å². The van der Waals surface area contributed by atoms with E-state index in [4.69, 9.17) is 11.6 Å². The average Bonchev–Trinajstić information content (AvgIpc) is 2.83. The molecule has 2 fully saturated rings. The highest BCUT2D eigenvalue weighted by Crippen LogP contribution is 2.39. The lowest BCUT2D eigenvalue weighted by atomic mass is 9.81. The Morgan fingerprint density at radius 1 is 1.21 bits per heavy atom. The van der Waals surface area contributed by atoms with Crippen LogP contribution in [0.15, 0.2) is 24.3 Å². The van der Waals surface area contributed by atoms with Crippen molar-refractivity contribution in [1.29, 1.82) is 0 Å². The largest absolute Gasteiger partial charge is 0.354 e. The number of nitrogens with one attached hydrogen (secondary N) is 1. The van der Waals surface area contributed by atoms with E-state index >= 15 is 0 Å². The first-order chi connectivity index (χ1) is 13.2. The summed E-state index contributed by atoms with van der Waals surface area (Å²) in [7, 11) is 1.67. The molecule has 28 heavy (non-hydrogen) atoms. The molecule has 2 aliphatic rings. The van der Waals surface area contributed by atoms with Gasteiger partial charge in [0.05, 0.1) is 0 Å². The molecule has 3 rings (SSSR count). The third-order valence-corrected chi connectivity index (χ3v) is 6.35. The van der Waals surface area contributed by atoms with Crippen LogP contribution in [0.3, 0.4) is 0 Å². The van der Waals surface area contributed by atoms with E-state index in [-0.39, 0.29) is 29.8 Å². The molecular weight excluding hydrogens is 378 g/mol. The molecule has 1 saturated carbocycles. The van der Waals surface area contributed by atoms with Crippen LogP contribution in [0.2, 0.25) is 5.02 Å². The molecule has 1 N–H and O–H groups in total. The number of halogens is 1. The number of hydrogen-bond acceptors (Lipinski definition) is 3. The summed E-state index contributed by atoms with van der Waals surface area (Å²) in [5.41, 5.74) is -0.0779. The van der Waals surface area contributed by atoms with E-state index in [1.807, 2.05) is 38.1 Å². The Kier molecular flexibility index (Phi) is 5.71. The van der Waals surface area contributed by atoms with E-state index in [9.17, 15) is 14.4 Å². The normalized spacial score (nSPS) is 19.4. The fraction of sp³-hybridized carbons (Fsp3) is 0.571. The summed E-state index contributed by atoms with van der Waals surface area (Å²) in [6.45, 7) is 4.16. The van der Waals surface area contributed by atoms with Crippen LogP contribution < -0.4 is 5.32 Å². The molecule has 152 valence electrons. The quantitative estimate of drug-likeness (QED) is 0.764. The van der Waals surface area contributed by atoms with E-state index in [1.54, 1.807) is 7.05 Å². The first-order valence-electron chi connectivity index (χ1n) is 9.80. The number of amides is 4. The second-order valence-electron chi connectivity index (χ2n) is 8.50. The Morgan fingerprint density at radius 2 is 1.89 bits per heavy atom. The maximum absolute atomic E-state index is 13.0. The van der Waals surface area contributed by atoms with Gasteiger partial charge in [0.1, 0.15) is 12.1 Å². The summed E-state index contributed by atoms with van der Waals surface area (Å²) in [5.74, 6) is -0.568. The predicted molar refractivity (Wildman–Crippen MR) is 108 cm³/mol.